The van der Waals surface area contributed by atoms with E-state index in [1.54, 1.807) is 18.2 Å². The molecular formula is C22H28FN5O4S. The lowest BCUT2D eigenvalue weighted by Crippen LogP contribution is -2.50. The van der Waals surface area contributed by atoms with Crippen LogP contribution in [0, 0.1) is 5.82 Å². The normalized spacial score (nSPS) is 15.1. The predicted molar refractivity (Wildman–Crippen MR) is 124 cm³/mol. The monoisotopic (exact) mass is 477 g/mol. The first-order chi connectivity index (χ1) is 15.7. The lowest BCUT2D eigenvalue weighted by Gasteiger charge is -2.33. The number of hydrogen-bond donors (Lipinski definition) is 3. The van der Waals surface area contributed by atoms with Crippen molar-refractivity contribution in [2.75, 3.05) is 50.8 Å². The van der Waals surface area contributed by atoms with Gasteiger partial charge in [0.1, 0.15) is 5.82 Å². The Morgan fingerprint density at radius 2 is 1.70 bits per heavy atom. The fraction of sp³-hybridized carbons (Fsp3) is 0.364. The summed E-state index contributed by atoms with van der Waals surface area (Å²) in [7, 11) is -3.15. The first-order valence-corrected chi connectivity index (χ1v) is 12.4. The average Bonchev–Trinajstić information content (AvgIpc) is 2.78. The van der Waals surface area contributed by atoms with E-state index in [1.807, 2.05) is 6.07 Å². The van der Waals surface area contributed by atoms with E-state index in [0.29, 0.717) is 50.5 Å². The molecule has 1 saturated heterocycles. The minimum absolute atomic E-state index is 0.277. The highest BCUT2D eigenvalue weighted by molar-refractivity contribution is 7.88. The summed E-state index contributed by atoms with van der Waals surface area (Å²) < 4.78 is 37.6. The molecule has 0 aliphatic carbocycles. The second-order valence-corrected chi connectivity index (χ2v) is 9.76. The number of halogens is 1. The van der Waals surface area contributed by atoms with Gasteiger partial charge in [0.15, 0.2) is 0 Å². The van der Waals surface area contributed by atoms with Crippen molar-refractivity contribution in [3.8, 4) is 0 Å². The van der Waals surface area contributed by atoms with Crippen LogP contribution >= 0.6 is 0 Å². The van der Waals surface area contributed by atoms with Crippen LogP contribution in [0.1, 0.15) is 15.9 Å². The van der Waals surface area contributed by atoms with Crippen LogP contribution in [0.4, 0.5) is 14.9 Å². The van der Waals surface area contributed by atoms with Gasteiger partial charge in [-0.25, -0.2) is 17.6 Å². The number of benzene rings is 2. The van der Waals surface area contributed by atoms with Crippen molar-refractivity contribution in [2.45, 2.75) is 6.54 Å². The number of hydrogen-bond acceptors (Lipinski definition) is 5. The quantitative estimate of drug-likeness (QED) is 0.533. The van der Waals surface area contributed by atoms with Crippen molar-refractivity contribution in [1.29, 1.82) is 0 Å². The van der Waals surface area contributed by atoms with Gasteiger partial charge in [0.25, 0.3) is 5.91 Å². The van der Waals surface area contributed by atoms with Crippen LogP contribution in [0.25, 0.3) is 0 Å². The van der Waals surface area contributed by atoms with Gasteiger partial charge in [0.05, 0.1) is 6.26 Å². The van der Waals surface area contributed by atoms with Crippen molar-refractivity contribution >= 4 is 27.6 Å². The maximum Gasteiger partial charge on any atom is 0.315 e. The van der Waals surface area contributed by atoms with Crippen LogP contribution in [0.2, 0.25) is 0 Å². The number of rotatable bonds is 8. The number of nitrogens with zero attached hydrogens (tertiary/aromatic N) is 2. The fourth-order valence-electron chi connectivity index (χ4n) is 3.42. The molecule has 0 bridgehead atoms. The molecule has 0 radical (unpaired) electrons. The molecule has 0 atom stereocenters. The van der Waals surface area contributed by atoms with Crippen molar-refractivity contribution in [2.24, 2.45) is 0 Å². The Balaban J connectivity index is 1.38. The van der Waals surface area contributed by atoms with E-state index in [2.05, 4.69) is 20.9 Å². The predicted octanol–water partition coefficient (Wildman–Crippen LogP) is 1.45. The Labute approximate surface area is 193 Å². The highest BCUT2D eigenvalue weighted by atomic mass is 32.2. The average molecular weight is 478 g/mol. The largest absolute Gasteiger partial charge is 0.337 e. The summed E-state index contributed by atoms with van der Waals surface area (Å²) >= 11 is 0. The van der Waals surface area contributed by atoms with E-state index in [4.69, 9.17) is 0 Å². The summed E-state index contributed by atoms with van der Waals surface area (Å²) in [6, 6.07) is 12.0. The molecule has 3 amide bonds. The highest BCUT2D eigenvalue weighted by Gasteiger charge is 2.22. The maximum atomic E-state index is 13.0. The Kier molecular flexibility index (Phi) is 8.37. The molecule has 2 aromatic carbocycles. The Hall–Kier alpha value is -3.02. The van der Waals surface area contributed by atoms with Gasteiger partial charge in [0, 0.05) is 57.1 Å². The second kappa shape index (κ2) is 11.2. The molecule has 2 aromatic rings. The summed E-state index contributed by atoms with van der Waals surface area (Å²) in [5, 5.41) is 8.31. The van der Waals surface area contributed by atoms with Gasteiger partial charge in [-0.15, -0.1) is 0 Å². The lowest BCUT2D eigenvalue weighted by atomic mass is 10.1. The molecule has 11 heteroatoms. The van der Waals surface area contributed by atoms with Crippen molar-refractivity contribution in [3.63, 3.8) is 0 Å². The Bertz CT molecular complexity index is 1070. The number of piperazine rings is 1. The summed E-state index contributed by atoms with van der Waals surface area (Å²) in [5.41, 5.74) is 1.72. The van der Waals surface area contributed by atoms with Gasteiger partial charge in [-0.1, -0.05) is 12.1 Å². The minimum atomic E-state index is -3.15. The topological polar surface area (TPSA) is 111 Å². The number of anilines is 1. The van der Waals surface area contributed by atoms with Crippen LogP contribution in [0.3, 0.4) is 0 Å². The van der Waals surface area contributed by atoms with Crippen LogP contribution in [-0.2, 0) is 16.6 Å². The molecule has 178 valence electrons. The second-order valence-electron chi connectivity index (χ2n) is 7.77. The number of carbonyl (C=O) groups excluding carboxylic acids is 2. The van der Waals surface area contributed by atoms with E-state index in [9.17, 15) is 22.4 Å². The van der Waals surface area contributed by atoms with Crippen LogP contribution in [-0.4, -0.2) is 75.1 Å². The zero-order valence-electron chi connectivity index (χ0n) is 18.4. The number of sulfonamides is 1. The number of carbonyl (C=O) groups is 2. The van der Waals surface area contributed by atoms with E-state index in [0.717, 1.165) is 5.56 Å². The molecule has 0 saturated carbocycles. The zero-order valence-corrected chi connectivity index (χ0v) is 19.2. The van der Waals surface area contributed by atoms with Gasteiger partial charge in [0.2, 0.25) is 10.0 Å². The molecule has 1 heterocycles. The van der Waals surface area contributed by atoms with Crippen LogP contribution < -0.4 is 16.0 Å². The minimum Gasteiger partial charge on any atom is -0.337 e. The highest BCUT2D eigenvalue weighted by Crippen LogP contribution is 2.13. The number of amides is 3. The first kappa shape index (κ1) is 24.6. The summed E-state index contributed by atoms with van der Waals surface area (Å²) in [5.74, 6) is -0.761. The summed E-state index contributed by atoms with van der Waals surface area (Å²) in [6.07, 6.45) is 1.21. The van der Waals surface area contributed by atoms with E-state index < -0.39 is 15.8 Å². The van der Waals surface area contributed by atoms with Crippen LogP contribution in [0.15, 0.2) is 48.5 Å². The molecule has 1 aliphatic rings. The van der Waals surface area contributed by atoms with E-state index in [-0.39, 0.29) is 18.5 Å². The number of nitrogens with one attached hydrogen (secondary N) is 3. The molecule has 0 unspecified atom stereocenters. The van der Waals surface area contributed by atoms with Gasteiger partial charge in [-0.2, -0.15) is 4.31 Å². The van der Waals surface area contributed by atoms with Gasteiger partial charge in [-0.05, 0) is 42.0 Å². The standard InChI is InChI=1S/C22H28FN5O4S/c1-33(31,32)28-13-11-27(12-14-28)10-9-24-22(30)25-16-17-3-2-4-20(15-17)26-21(29)18-5-7-19(23)8-6-18/h2-8,15H,9-14,16H2,1H3,(H,26,29)(H2,24,25,30). The SMILES string of the molecule is CS(=O)(=O)N1CCN(CCNC(=O)NCc2cccc(NC(=O)c3ccc(F)cc3)c2)CC1. The molecule has 0 spiro atoms. The number of urea groups is 1. The van der Waals surface area contributed by atoms with Crippen molar-refractivity contribution < 1.29 is 22.4 Å². The third kappa shape index (κ3) is 7.81. The smallest absolute Gasteiger partial charge is 0.315 e. The van der Waals surface area contributed by atoms with Gasteiger partial charge in [-0.3, -0.25) is 9.69 Å². The lowest BCUT2D eigenvalue weighted by molar-refractivity contribution is 0.102. The summed E-state index contributed by atoms with van der Waals surface area (Å²) in [4.78, 5) is 26.5. The molecule has 33 heavy (non-hydrogen) atoms. The molecule has 9 nitrogen and oxygen atoms in total. The third-order valence-corrected chi connectivity index (χ3v) is 6.56. The van der Waals surface area contributed by atoms with Crippen LogP contribution in [0.5, 0.6) is 0 Å². The Morgan fingerprint density at radius 3 is 2.36 bits per heavy atom. The van der Waals surface area contributed by atoms with Crippen molar-refractivity contribution in [1.82, 2.24) is 19.8 Å². The molecule has 3 N–H and O–H groups in total. The van der Waals surface area contributed by atoms with Gasteiger partial charge >= 0.3 is 6.03 Å². The molecular weight excluding hydrogens is 449 g/mol. The van der Waals surface area contributed by atoms with Gasteiger partial charge < -0.3 is 16.0 Å². The van der Waals surface area contributed by atoms with E-state index >= 15 is 0 Å². The molecule has 1 fully saturated rings. The zero-order chi connectivity index (χ0) is 23.8. The fourth-order valence-corrected chi connectivity index (χ4v) is 4.25. The molecule has 3 rings (SSSR count). The molecule has 0 aromatic heterocycles. The molecule has 1 aliphatic heterocycles. The van der Waals surface area contributed by atoms with Crippen molar-refractivity contribution in [3.05, 3.63) is 65.5 Å². The van der Waals surface area contributed by atoms with E-state index in [1.165, 1.54) is 34.8 Å². The first-order valence-electron chi connectivity index (χ1n) is 10.6. The summed E-state index contributed by atoms with van der Waals surface area (Å²) in [6.45, 7) is 3.53. The Morgan fingerprint density at radius 1 is 1.00 bits per heavy atom. The third-order valence-electron chi connectivity index (χ3n) is 5.26. The maximum absolute atomic E-state index is 13.0.